The first kappa shape index (κ1) is 16.4. The zero-order chi connectivity index (χ0) is 16.6. The van der Waals surface area contributed by atoms with Crippen LogP contribution in [0.15, 0.2) is 55.0 Å². The highest BCUT2D eigenvalue weighted by Crippen LogP contribution is 2.24. The van der Waals surface area contributed by atoms with Crippen LogP contribution in [0.5, 0.6) is 0 Å². The zero-order valence-electron chi connectivity index (χ0n) is 13.8. The smallest absolute Gasteiger partial charge is 0.247 e. The molecule has 1 fully saturated rings. The summed E-state index contributed by atoms with van der Waals surface area (Å²) in [5.74, 6) is 0.0522. The Labute approximate surface area is 143 Å². The van der Waals surface area contributed by atoms with E-state index in [1.165, 1.54) is 24.8 Å². The first-order valence-corrected chi connectivity index (χ1v) is 8.61. The molecule has 0 aliphatic heterocycles. The summed E-state index contributed by atoms with van der Waals surface area (Å²) in [5.41, 5.74) is 1.87. The van der Waals surface area contributed by atoms with Crippen molar-refractivity contribution in [2.45, 2.75) is 44.7 Å². The van der Waals surface area contributed by atoms with Crippen molar-refractivity contribution in [1.82, 2.24) is 14.9 Å². The zero-order valence-corrected chi connectivity index (χ0v) is 13.8. The maximum Gasteiger partial charge on any atom is 0.247 e. The highest BCUT2D eigenvalue weighted by atomic mass is 16.2. The molecule has 124 valence electrons. The molecule has 1 aliphatic carbocycles. The minimum absolute atomic E-state index is 0.0522. The van der Waals surface area contributed by atoms with Crippen LogP contribution >= 0.6 is 0 Å². The van der Waals surface area contributed by atoms with Crippen LogP contribution in [0.2, 0.25) is 0 Å². The lowest BCUT2D eigenvalue weighted by molar-refractivity contribution is -0.129. The highest BCUT2D eigenvalue weighted by molar-refractivity contribution is 5.91. The molecule has 0 radical (unpaired) electrons. The summed E-state index contributed by atoms with van der Waals surface area (Å²) < 4.78 is 0. The quantitative estimate of drug-likeness (QED) is 0.786. The van der Waals surface area contributed by atoms with Gasteiger partial charge in [0.1, 0.15) is 0 Å². The number of hydrogen-bond acceptors (Lipinski definition) is 3. The minimum atomic E-state index is 0.0522. The summed E-state index contributed by atoms with van der Waals surface area (Å²) in [6.07, 6.45) is 14.2. The molecule has 0 N–H and O–H groups in total. The van der Waals surface area contributed by atoms with Crippen LogP contribution in [0.1, 0.15) is 43.4 Å². The Morgan fingerprint density at radius 2 is 1.92 bits per heavy atom. The summed E-state index contributed by atoms with van der Waals surface area (Å²) in [4.78, 5) is 23.0. The summed E-state index contributed by atoms with van der Waals surface area (Å²) >= 11 is 0. The molecular weight excluding hydrogens is 298 g/mol. The fourth-order valence-electron chi connectivity index (χ4n) is 3.21. The number of rotatable bonds is 5. The van der Waals surface area contributed by atoms with Gasteiger partial charge >= 0.3 is 0 Å². The van der Waals surface area contributed by atoms with Crippen LogP contribution in [0.25, 0.3) is 6.08 Å². The van der Waals surface area contributed by atoms with Gasteiger partial charge in [-0.1, -0.05) is 49.6 Å². The molecule has 2 aromatic rings. The van der Waals surface area contributed by atoms with Gasteiger partial charge < -0.3 is 4.90 Å². The van der Waals surface area contributed by atoms with Crippen molar-refractivity contribution in [1.29, 1.82) is 0 Å². The third-order valence-corrected chi connectivity index (χ3v) is 4.47. The predicted molar refractivity (Wildman–Crippen MR) is 94.9 cm³/mol. The SMILES string of the molecule is O=C(C=Cc1cnccn1)N(Cc1ccccc1)C1CCCCC1. The molecule has 3 rings (SSSR count). The lowest BCUT2D eigenvalue weighted by Crippen LogP contribution is -2.40. The van der Waals surface area contributed by atoms with Crippen molar-refractivity contribution in [3.63, 3.8) is 0 Å². The molecule has 1 saturated carbocycles. The first-order valence-electron chi connectivity index (χ1n) is 8.61. The Hall–Kier alpha value is -2.49. The Bertz CT molecular complexity index is 664. The largest absolute Gasteiger partial charge is 0.332 e. The number of aromatic nitrogens is 2. The summed E-state index contributed by atoms with van der Waals surface area (Å²) in [6.45, 7) is 0.662. The summed E-state index contributed by atoms with van der Waals surface area (Å²) in [6, 6.07) is 10.5. The van der Waals surface area contributed by atoms with Crippen LogP contribution in [0.3, 0.4) is 0 Å². The van der Waals surface area contributed by atoms with Crippen molar-refractivity contribution in [3.8, 4) is 0 Å². The van der Waals surface area contributed by atoms with E-state index in [2.05, 4.69) is 22.1 Å². The van der Waals surface area contributed by atoms with Crippen LogP contribution in [0.4, 0.5) is 0 Å². The van der Waals surface area contributed by atoms with Gasteiger partial charge in [0.2, 0.25) is 5.91 Å². The van der Waals surface area contributed by atoms with Crippen LogP contribution in [-0.4, -0.2) is 26.8 Å². The standard InChI is InChI=1S/C20H23N3O/c24-20(12-11-18-15-21-13-14-22-18)23(19-9-5-2-6-10-19)16-17-7-3-1-4-8-17/h1,3-4,7-8,11-15,19H,2,5-6,9-10,16H2. The normalized spacial score (nSPS) is 15.5. The monoisotopic (exact) mass is 321 g/mol. The molecular formula is C20H23N3O. The highest BCUT2D eigenvalue weighted by Gasteiger charge is 2.24. The fraction of sp³-hybridized carbons (Fsp3) is 0.350. The summed E-state index contributed by atoms with van der Waals surface area (Å²) in [5, 5.41) is 0. The Morgan fingerprint density at radius 1 is 1.12 bits per heavy atom. The van der Waals surface area contributed by atoms with Gasteiger partial charge in [-0.15, -0.1) is 0 Å². The maximum absolute atomic E-state index is 12.8. The van der Waals surface area contributed by atoms with E-state index in [0.717, 1.165) is 12.8 Å². The third kappa shape index (κ3) is 4.51. The summed E-state index contributed by atoms with van der Waals surface area (Å²) in [7, 11) is 0. The van der Waals surface area contributed by atoms with Gasteiger partial charge in [-0.2, -0.15) is 0 Å². The van der Waals surface area contributed by atoms with E-state index in [0.29, 0.717) is 18.3 Å². The molecule has 0 atom stereocenters. The predicted octanol–water partition coefficient (Wildman–Crippen LogP) is 3.85. The average Bonchev–Trinajstić information content (AvgIpc) is 2.66. The maximum atomic E-state index is 12.8. The molecule has 1 aromatic heterocycles. The van der Waals surface area contributed by atoms with E-state index < -0.39 is 0 Å². The lowest BCUT2D eigenvalue weighted by Gasteiger charge is -2.34. The number of carbonyl (C=O) groups excluding carboxylic acids is 1. The van der Waals surface area contributed by atoms with Crippen molar-refractivity contribution in [2.24, 2.45) is 0 Å². The Morgan fingerprint density at radius 3 is 2.62 bits per heavy atom. The van der Waals surface area contributed by atoms with Gasteiger partial charge in [0.05, 0.1) is 11.9 Å². The van der Waals surface area contributed by atoms with Crippen LogP contribution in [-0.2, 0) is 11.3 Å². The molecule has 1 aliphatic rings. The van der Waals surface area contributed by atoms with Gasteiger partial charge in [0.25, 0.3) is 0 Å². The molecule has 0 bridgehead atoms. The molecule has 1 amide bonds. The molecule has 0 saturated heterocycles. The van der Waals surface area contributed by atoms with Crippen molar-refractivity contribution < 1.29 is 4.79 Å². The third-order valence-electron chi connectivity index (χ3n) is 4.47. The second kappa shape index (κ2) is 8.39. The van der Waals surface area contributed by atoms with Crippen LogP contribution < -0.4 is 0 Å². The van der Waals surface area contributed by atoms with Gasteiger partial charge in [-0.3, -0.25) is 14.8 Å². The van der Waals surface area contributed by atoms with E-state index in [-0.39, 0.29) is 5.91 Å². The molecule has 24 heavy (non-hydrogen) atoms. The molecule has 1 heterocycles. The van der Waals surface area contributed by atoms with E-state index in [1.807, 2.05) is 23.1 Å². The lowest BCUT2D eigenvalue weighted by atomic mass is 9.93. The van der Waals surface area contributed by atoms with Crippen LogP contribution in [0, 0.1) is 0 Å². The van der Waals surface area contributed by atoms with E-state index in [9.17, 15) is 4.79 Å². The van der Waals surface area contributed by atoms with E-state index in [4.69, 9.17) is 0 Å². The van der Waals surface area contributed by atoms with Crippen molar-refractivity contribution >= 4 is 12.0 Å². The molecule has 4 heteroatoms. The number of nitrogens with zero attached hydrogens (tertiary/aromatic N) is 3. The Kier molecular flexibility index (Phi) is 5.72. The van der Waals surface area contributed by atoms with E-state index >= 15 is 0 Å². The minimum Gasteiger partial charge on any atom is -0.332 e. The first-order chi connectivity index (χ1) is 11.8. The number of hydrogen-bond donors (Lipinski definition) is 0. The second-order valence-corrected chi connectivity index (χ2v) is 6.21. The van der Waals surface area contributed by atoms with Gasteiger partial charge in [-0.25, -0.2) is 0 Å². The van der Waals surface area contributed by atoms with Crippen molar-refractivity contribution in [2.75, 3.05) is 0 Å². The number of benzene rings is 1. The molecule has 1 aromatic carbocycles. The second-order valence-electron chi connectivity index (χ2n) is 6.21. The van der Waals surface area contributed by atoms with Gasteiger partial charge in [0, 0.05) is 31.1 Å². The fourth-order valence-corrected chi connectivity index (χ4v) is 3.21. The van der Waals surface area contributed by atoms with Gasteiger partial charge in [0.15, 0.2) is 0 Å². The Balaban J connectivity index is 1.75. The molecule has 0 unspecified atom stereocenters. The van der Waals surface area contributed by atoms with Gasteiger partial charge in [-0.05, 0) is 24.5 Å². The van der Waals surface area contributed by atoms with Crippen molar-refractivity contribution in [3.05, 3.63) is 66.3 Å². The molecule has 4 nitrogen and oxygen atoms in total. The topological polar surface area (TPSA) is 46.1 Å². The average molecular weight is 321 g/mol. The number of carbonyl (C=O) groups is 1. The number of amides is 1. The van der Waals surface area contributed by atoms with E-state index in [1.54, 1.807) is 30.7 Å². The molecule has 0 spiro atoms.